The van der Waals surface area contributed by atoms with Crippen LogP contribution in [0.1, 0.15) is 28.8 Å². The number of non-ortho nitro benzene ring substituents is 1. The van der Waals surface area contributed by atoms with Crippen LogP contribution in [-0.2, 0) is 4.79 Å². The largest absolute Gasteiger partial charge is 0.375 e. The Morgan fingerprint density at radius 1 is 1.14 bits per heavy atom. The third kappa shape index (κ3) is 5.03. The molecule has 29 heavy (non-hydrogen) atoms. The molecule has 0 atom stereocenters. The number of anilines is 2. The van der Waals surface area contributed by atoms with Crippen LogP contribution in [0.5, 0.6) is 0 Å². The standard InChI is InChI=1S/C20H21ClN4O4/c1-13-10-15(25(28)29)5-7-17(13)23-19(26)12-22-18-11-14(21)4-6-16(18)20(27)24-8-2-3-9-24/h4-7,10-11,22H,2-3,8-9,12H2,1H3,(H,23,26). The van der Waals surface area contributed by atoms with Gasteiger partial charge in [0.15, 0.2) is 0 Å². The third-order valence-electron chi connectivity index (χ3n) is 4.74. The minimum absolute atomic E-state index is 0.0392. The minimum Gasteiger partial charge on any atom is -0.375 e. The van der Waals surface area contributed by atoms with E-state index in [-0.39, 0.29) is 24.0 Å². The van der Waals surface area contributed by atoms with Crippen molar-refractivity contribution < 1.29 is 14.5 Å². The second kappa shape index (κ2) is 8.91. The highest BCUT2D eigenvalue weighted by Crippen LogP contribution is 2.25. The van der Waals surface area contributed by atoms with Crippen LogP contribution in [0, 0.1) is 17.0 Å². The molecule has 8 nitrogen and oxygen atoms in total. The Balaban J connectivity index is 1.68. The average molecular weight is 417 g/mol. The molecule has 0 saturated carbocycles. The van der Waals surface area contributed by atoms with Gasteiger partial charge in [-0.25, -0.2) is 0 Å². The summed E-state index contributed by atoms with van der Waals surface area (Å²) in [7, 11) is 0. The zero-order valence-corrected chi connectivity index (χ0v) is 16.7. The lowest BCUT2D eigenvalue weighted by Crippen LogP contribution is -2.29. The van der Waals surface area contributed by atoms with Crippen molar-refractivity contribution in [2.45, 2.75) is 19.8 Å². The predicted octanol–water partition coefficient (Wildman–Crippen LogP) is 3.84. The first-order chi connectivity index (χ1) is 13.8. The van der Waals surface area contributed by atoms with Crippen LogP contribution in [0.4, 0.5) is 17.1 Å². The first-order valence-electron chi connectivity index (χ1n) is 9.23. The molecule has 2 N–H and O–H groups in total. The van der Waals surface area contributed by atoms with Crippen molar-refractivity contribution in [3.8, 4) is 0 Å². The van der Waals surface area contributed by atoms with Gasteiger partial charge in [0.1, 0.15) is 0 Å². The van der Waals surface area contributed by atoms with Crippen LogP contribution >= 0.6 is 11.6 Å². The number of aryl methyl sites for hydroxylation is 1. The summed E-state index contributed by atoms with van der Waals surface area (Å²) in [4.78, 5) is 37.2. The molecular weight excluding hydrogens is 396 g/mol. The lowest BCUT2D eigenvalue weighted by Gasteiger charge is -2.18. The number of hydrogen-bond acceptors (Lipinski definition) is 5. The summed E-state index contributed by atoms with van der Waals surface area (Å²) in [5, 5.41) is 17.0. The maximum atomic E-state index is 12.7. The Kier molecular flexibility index (Phi) is 6.33. The zero-order valence-electron chi connectivity index (χ0n) is 15.9. The van der Waals surface area contributed by atoms with Crippen molar-refractivity contribution in [2.24, 2.45) is 0 Å². The van der Waals surface area contributed by atoms with Gasteiger partial charge in [0.25, 0.3) is 11.6 Å². The summed E-state index contributed by atoms with van der Waals surface area (Å²) in [6, 6.07) is 9.15. The fraction of sp³-hybridized carbons (Fsp3) is 0.300. The van der Waals surface area contributed by atoms with Crippen molar-refractivity contribution in [2.75, 3.05) is 30.3 Å². The minimum atomic E-state index is -0.488. The molecule has 0 aromatic heterocycles. The first-order valence-corrected chi connectivity index (χ1v) is 9.60. The normalized spacial score (nSPS) is 13.2. The lowest BCUT2D eigenvalue weighted by molar-refractivity contribution is -0.384. The molecule has 0 aliphatic carbocycles. The van der Waals surface area contributed by atoms with Crippen molar-refractivity contribution in [1.29, 1.82) is 0 Å². The summed E-state index contributed by atoms with van der Waals surface area (Å²) < 4.78 is 0. The van der Waals surface area contributed by atoms with Gasteiger partial charge in [-0.15, -0.1) is 0 Å². The highest BCUT2D eigenvalue weighted by molar-refractivity contribution is 6.31. The summed E-state index contributed by atoms with van der Waals surface area (Å²) in [6.07, 6.45) is 1.97. The highest BCUT2D eigenvalue weighted by Gasteiger charge is 2.22. The van der Waals surface area contributed by atoms with Crippen LogP contribution in [-0.4, -0.2) is 41.3 Å². The number of likely N-dealkylation sites (tertiary alicyclic amines) is 1. The van der Waals surface area contributed by atoms with Gasteiger partial charge >= 0.3 is 0 Å². The van der Waals surface area contributed by atoms with Gasteiger partial charge in [-0.2, -0.15) is 0 Å². The molecule has 3 rings (SSSR count). The van der Waals surface area contributed by atoms with Crippen LogP contribution in [0.3, 0.4) is 0 Å². The number of nitrogens with one attached hydrogen (secondary N) is 2. The van der Waals surface area contributed by atoms with Crippen molar-refractivity contribution >= 4 is 40.5 Å². The Bertz CT molecular complexity index is 957. The van der Waals surface area contributed by atoms with Gasteiger partial charge in [0.2, 0.25) is 5.91 Å². The quantitative estimate of drug-likeness (QED) is 0.549. The highest BCUT2D eigenvalue weighted by atomic mass is 35.5. The fourth-order valence-corrected chi connectivity index (χ4v) is 3.38. The third-order valence-corrected chi connectivity index (χ3v) is 4.97. The van der Waals surface area contributed by atoms with Gasteiger partial charge in [0.05, 0.1) is 17.0 Å². The smallest absolute Gasteiger partial charge is 0.269 e. The molecule has 0 unspecified atom stereocenters. The van der Waals surface area contributed by atoms with Crippen LogP contribution in [0.25, 0.3) is 0 Å². The first kappa shape index (κ1) is 20.6. The van der Waals surface area contributed by atoms with E-state index in [1.54, 1.807) is 30.0 Å². The topological polar surface area (TPSA) is 105 Å². The summed E-state index contributed by atoms with van der Waals surface area (Å²) in [5.41, 5.74) is 1.99. The maximum absolute atomic E-state index is 12.7. The van der Waals surface area contributed by atoms with Crippen molar-refractivity contribution in [1.82, 2.24) is 4.90 Å². The molecule has 1 aliphatic rings. The molecule has 1 saturated heterocycles. The number of nitrogens with zero attached hydrogens (tertiary/aromatic N) is 2. The molecule has 2 amide bonds. The number of nitro benzene ring substituents is 1. The molecule has 1 heterocycles. The molecule has 2 aromatic rings. The van der Waals surface area contributed by atoms with Gasteiger partial charge in [0, 0.05) is 41.6 Å². The van der Waals surface area contributed by atoms with Gasteiger partial charge in [-0.05, 0) is 49.6 Å². The predicted molar refractivity (Wildman–Crippen MR) is 112 cm³/mol. The molecular formula is C20H21ClN4O4. The Morgan fingerprint density at radius 3 is 2.52 bits per heavy atom. The lowest BCUT2D eigenvalue weighted by atomic mass is 10.1. The molecule has 0 spiro atoms. The summed E-state index contributed by atoms with van der Waals surface area (Å²) >= 11 is 6.07. The molecule has 0 radical (unpaired) electrons. The summed E-state index contributed by atoms with van der Waals surface area (Å²) in [5.74, 6) is -0.435. The van der Waals surface area contributed by atoms with Crippen LogP contribution in [0.2, 0.25) is 5.02 Å². The van der Waals surface area contributed by atoms with E-state index in [9.17, 15) is 19.7 Å². The molecule has 1 fully saturated rings. The van der Waals surface area contributed by atoms with E-state index in [2.05, 4.69) is 10.6 Å². The molecule has 0 bridgehead atoms. The molecule has 2 aromatic carbocycles. The van der Waals surface area contributed by atoms with Gasteiger partial charge in [-0.1, -0.05) is 11.6 Å². The number of benzene rings is 2. The molecule has 152 valence electrons. The number of carbonyl (C=O) groups excluding carboxylic acids is 2. The number of halogens is 1. The monoisotopic (exact) mass is 416 g/mol. The van der Waals surface area contributed by atoms with E-state index in [0.717, 1.165) is 25.9 Å². The van der Waals surface area contributed by atoms with Gasteiger partial charge < -0.3 is 15.5 Å². The number of nitro groups is 1. The van der Waals surface area contributed by atoms with E-state index in [4.69, 9.17) is 11.6 Å². The van der Waals surface area contributed by atoms with E-state index < -0.39 is 4.92 Å². The average Bonchev–Trinajstić information content (AvgIpc) is 3.22. The molecule has 9 heteroatoms. The number of rotatable bonds is 6. The van der Waals surface area contributed by atoms with E-state index >= 15 is 0 Å². The number of amides is 2. The maximum Gasteiger partial charge on any atom is 0.269 e. The van der Waals surface area contributed by atoms with E-state index in [0.29, 0.717) is 27.5 Å². The summed E-state index contributed by atoms with van der Waals surface area (Å²) in [6.45, 7) is 3.04. The Hall–Kier alpha value is -3.13. The Labute approximate surface area is 173 Å². The van der Waals surface area contributed by atoms with E-state index in [1.165, 1.54) is 18.2 Å². The zero-order chi connectivity index (χ0) is 21.0. The fourth-order valence-electron chi connectivity index (χ4n) is 3.21. The molecule has 1 aliphatic heterocycles. The van der Waals surface area contributed by atoms with Gasteiger partial charge in [-0.3, -0.25) is 19.7 Å². The Morgan fingerprint density at radius 2 is 1.86 bits per heavy atom. The second-order valence-electron chi connectivity index (χ2n) is 6.85. The SMILES string of the molecule is Cc1cc([N+](=O)[O-])ccc1NC(=O)CNc1cc(Cl)ccc1C(=O)N1CCCC1. The van der Waals surface area contributed by atoms with Crippen LogP contribution in [0.15, 0.2) is 36.4 Å². The second-order valence-corrected chi connectivity index (χ2v) is 7.28. The number of carbonyl (C=O) groups is 2. The van der Waals surface area contributed by atoms with Crippen molar-refractivity contribution in [3.63, 3.8) is 0 Å². The number of hydrogen-bond donors (Lipinski definition) is 2. The van der Waals surface area contributed by atoms with Crippen molar-refractivity contribution in [3.05, 3.63) is 62.7 Å². The van der Waals surface area contributed by atoms with E-state index in [1.807, 2.05) is 0 Å². The van der Waals surface area contributed by atoms with Crippen LogP contribution < -0.4 is 10.6 Å².